The van der Waals surface area contributed by atoms with Gasteiger partial charge in [0.25, 0.3) is 0 Å². The van der Waals surface area contributed by atoms with Gasteiger partial charge in [-0.25, -0.2) is 4.79 Å². The molecule has 3 saturated carbocycles. The minimum Gasteiger partial charge on any atom is -0.467 e. The molecular formula is C22H30O6. The van der Waals surface area contributed by atoms with E-state index < -0.39 is 29.2 Å². The highest BCUT2D eigenvalue weighted by Gasteiger charge is 2.68. The van der Waals surface area contributed by atoms with Crippen LogP contribution in [-0.4, -0.2) is 52.0 Å². The zero-order valence-corrected chi connectivity index (χ0v) is 16.7. The first-order chi connectivity index (χ1) is 13.1. The van der Waals surface area contributed by atoms with Crippen LogP contribution in [0.4, 0.5) is 0 Å². The summed E-state index contributed by atoms with van der Waals surface area (Å²) in [6, 6.07) is 0. The van der Waals surface area contributed by atoms with Crippen molar-refractivity contribution in [2.75, 3.05) is 7.11 Å². The van der Waals surface area contributed by atoms with Gasteiger partial charge in [0.05, 0.1) is 13.2 Å². The van der Waals surface area contributed by atoms with E-state index >= 15 is 0 Å². The number of fused-ring (bicyclic) bond motifs is 5. The summed E-state index contributed by atoms with van der Waals surface area (Å²) in [5.41, 5.74) is -1.70. The Balaban J connectivity index is 1.72. The average Bonchev–Trinajstić information content (AvgIpc) is 2.92. The van der Waals surface area contributed by atoms with Crippen LogP contribution in [0.5, 0.6) is 0 Å². The number of esters is 1. The van der Waals surface area contributed by atoms with Crippen LogP contribution in [0.25, 0.3) is 0 Å². The number of ketones is 1. The summed E-state index contributed by atoms with van der Waals surface area (Å²) in [7, 11) is 1.20. The molecule has 0 aliphatic heterocycles. The van der Waals surface area contributed by atoms with Crippen molar-refractivity contribution < 1.29 is 29.6 Å². The normalized spacial score (nSPS) is 48.2. The van der Waals surface area contributed by atoms with Crippen molar-refractivity contribution >= 4 is 11.8 Å². The van der Waals surface area contributed by atoms with Crippen molar-refractivity contribution in [1.29, 1.82) is 0 Å². The molecule has 3 N–H and O–H groups in total. The van der Waals surface area contributed by atoms with Gasteiger partial charge in [-0.3, -0.25) is 4.79 Å². The molecule has 4 rings (SSSR count). The highest BCUT2D eigenvalue weighted by Crippen LogP contribution is 2.67. The second-order valence-electron chi connectivity index (χ2n) is 9.60. The lowest BCUT2D eigenvalue weighted by atomic mass is 9.46. The maximum Gasteiger partial charge on any atom is 0.337 e. The third kappa shape index (κ3) is 2.37. The maximum atomic E-state index is 12.0. The Hall–Kier alpha value is -1.50. The number of hydrogen-bond acceptors (Lipinski definition) is 6. The van der Waals surface area contributed by atoms with E-state index in [1.807, 2.05) is 13.0 Å². The van der Waals surface area contributed by atoms with Gasteiger partial charge in [-0.2, -0.15) is 0 Å². The summed E-state index contributed by atoms with van der Waals surface area (Å²) >= 11 is 0. The number of aliphatic hydroxyl groups is 3. The van der Waals surface area contributed by atoms with Gasteiger partial charge in [-0.1, -0.05) is 25.5 Å². The van der Waals surface area contributed by atoms with Crippen LogP contribution in [-0.2, 0) is 14.3 Å². The van der Waals surface area contributed by atoms with Crippen molar-refractivity contribution in [1.82, 2.24) is 0 Å². The summed E-state index contributed by atoms with van der Waals surface area (Å²) in [4.78, 5) is 23.9. The molecule has 6 nitrogen and oxygen atoms in total. The molecule has 0 amide bonds. The van der Waals surface area contributed by atoms with E-state index in [4.69, 9.17) is 0 Å². The minimum absolute atomic E-state index is 0.00231. The number of carbonyl (C=O) groups is 2. The number of methoxy groups -OCH3 is 1. The molecule has 1 unspecified atom stereocenters. The number of rotatable bonds is 2. The minimum atomic E-state index is -1.63. The molecule has 0 aromatic heterocycles. The van der Waals surface area contributed by atoms with Crippen molar-refractivity contribution in [3.63, 3.8) is 0 Å². The first kappa shape index (κ1) is 19.8. The Morgan fingerprint density at radius 2 is 2.04 bits per heavy atom. The lowest BCUT2D eigenvalue weighted by molar-refractivity contribution is -0.209. The standard InChI is InChI=1S/C22H30O6/c1-20-8-6-13(23)10-12(20)4-5-14-15-7-9-22(27,18(25)19(26)28-3)21(15,2)11-16(24)17(14)20/h6,8,10,14-18,24-25,27H,4-5,7,9,11H2,1-3H3/t14-,15-,16?,17+,18-,20-,21-,22-/m0/s1. The van der Waals surface area contributed by atoms with E-state index in [1.54, 1.807) is 12.2 Å². The van der Waals surface area contributed by atoms with E-state index in [2.05, 4.69) is 11.7 Å². The van der Waals surface area contributed by atoms with Gasteiger partial charge >= 0.3 is 5.97 Å². The first-order valence-corrected chi connectivity index (χ1v) is 10.2. The molecule has 0 spiro atoms. The zero-order chi connectivity index (χ0) is 20.5. The summed E-state index contributed by atoms with van der Waals surface area (Å²) < 4.78 is 4.68. The number of carbonyl (C=O) groups excluding carboxylic acids is 2. The SMILES string of the molecule is COC(=O)[C@H](O)[C@@]1(O)CC[C@H]2[C@@H]3CCC4=CC(=O)C=C[C@]4(C)[C@H]3C(O)C[C@@]21C. The van der Waals surface area contributed by atoms with E-state index in [0.29, 0.717) is 19.3 Å². The molecule has 4 aliphatic rings. The summed E-state index contributed by atoms with van der Waals surface area (Å²) in [5.74, 6) is -0.664. The summed E-state index contributed by atoms with van der Waals surface area (Å²) in [6.45, 7) is 3.99. The topological polar surface area (TPSA) is 104 Å². The summed E-state index contributed by atoms with van der Waals surface area (Å²) in [6.07, 6.45) is 5.82. The predicted molar refractivity (Wildman–Crippen MR) is 101 cm³/mol. The fraction of sp³-hybridized carbons (Fsp3) is 0.727. The van der Waals surface area contributed by atoms with Crippen molar-refractivity contribution in [2.45, 2.75) is 63.8 Å². The Morgan fingerprint density at radius 3 is 2.71 bits per heavy atom. The van der Waals surface area contributed by atoms with Gasteiger partial charge in [0.15, 0.2) is 11.9 Å². The van der Waals surface area contributed by atoms with Crippen LogP contribution >= 0.6 is 0 Å². The molecule has 0 saturated heterocycles. The highest BCUT2D eigenvalue weighted by molar-refractivity contribution is 6.01. The second kappa shape index (κ2) is 6.25. The molecule has 0 aromatic rings. The lowest BCUT2D eigenvalue weighted by Crippen LogP contribution is -2.63. The van der Waals surface area contributed by atoms with E-state index in [1.165, 1.54) is 7.11 Å². The maximum absolute atomic E-state index is 12.0. The van der Waals surface area contributed by atoms with E-state index in [9.17, 15) is 24.9 Å². The molecule has 0 radical (unpaired) electrons. The Morgan fingerprint density at radius 1 is 1.32 bits per heavy atom. The van der Waals surface area contributed by atoms with Gasteiger partial charge in [0.2, 0.25) is 0 Å². The molecule has 8 atom stereocenters. The van der Waals surface area contributed by atoms with Gasteiger partial charge in [-0.05, 0) is 56.1 Å². The van der Waals surface area contributed by atoms with Crippen molar-refractivity contribution in [3.8, 4) is 0 Å². The van der Waals surface area contributed by atoms with Crippen LogP contribution < -0.4 is 0 Å². The van der Waals surface area contributed by atoms with Crippen LogP contribution in [0.15, 0.2) is 23.8 Å². The Labute approximate surface area is 165 Å². The molecule has 0 bridgehead atoms. The molecule has 3 fully saturated rings. The van der Waals surface area contributed by atoms with E-state index in [0.717, 1.165) is 18.4 Å². The van der Waals surface area contributed by atoms with Crippen LogP contribution in [0.3, 0.4) is 0 Å². The van der Waals surface area contributed by atoms with Crippen LogP contribution in [0, 0.1) is 28.6 Å². The average molecular weight is 390 g/mol. The number of hydrogen-bond donors (Lipinski definition) is 3. The van der Waals surface area contributed by atoms with E-state index in [-0.39, 0.29) is 29.0 Å². The zero-order valence-electron chi connectivity index (χ0n) is 16.7. The quantitative estimate of drug-likeness (QED) is 0.618. The number of allylic oxidation sites excluding steroid dienone is 4. The Bertz CT molecular complexity index is 771. The third-order valence-electron chi connectivity index (χ3n) is 8.59. The largest absolute Gasteiger partial charge is 0.467 e. The summed E-state index contributed by atoms with van der Waals surface area (Å²) in [5, 5.41) is 33.2. The molecule has 4 aliphatic carbocycles. The van der Waals surface area contributed by atoms with Crippen molar-refractivity contribution in [3.05, 3.63) is 23.8 Å². The second-order valence-corrected chi connectivity index (χ2v) is 9.60. The molecule has 6 heteroatoms. The van der Waals surface area contributed by atoms with Gasteiger partial charge in [0.1, 0.15) is 5.60 Å². The lowest BCUT2D eigenvalue weighted by Gasteiger charge is -2.60. The van der Waals surface area contributed by atoms with Gasteiger partial charge < -0.3 is 20.1 Å². The monoisotopic (exact) mass is 390 g/mol. The van der Waals surface area contributed by atoms with Gasteiger partial charge in [-0.15, -0.1) is 0 Å². The van der Waals surface area contributed by atoms with Crippen LogP contribution in [0.2, 0.25) is 0 Å². The molecule has 154 valence electrons. The molecule has 0 heterocycles. The number of aliphatic hydroxyl groups excluding tert-OH is 2. The number of ether oxygens (including phenoxy) is 1. The van der Waals surface area contributed by atoms with Gasteiger partial charge in [0, 0.05) is 16.7 Å². The fourth-order valence-corrected chi connectivity index (χ4v) is 7.12. The molecule has 28 heavy (non-hydrogen) atoms. The van der Waals surface area contributed by atoms with Crippen molar-refractivity contribution in [2.24, 2.45) is 28.6 Å². The molecular weight excluding hydrogens is 360 g/mol. The smallest absolute Gasteiger partial charge is 0.337 e. The predicted octanol–water partition coefficient (Wildman–Crippen LogP) is 1.53. The molecule has 0 aromatic carbocycles. The highest BCUT2D eigenvalue weighted by atomic mass is 16.5. The third-order valence-corrected chi connectivity index (χ3v) is 8.59. The van der Waals surface area contributed by atoms with Crippen LogP contribution in [0.1, 0.15) is 46.0 Å². The first-order valence-electron chi connectivity index (χ1n) is 10.2. The Kier molecular flexibility index (Phi) is 4.42. The fourth-order valence-electron chi connectivity index (χ4n) is 7.12.